The molecule has 0 saturated heterocycles. The third-order valence-electron chi connectivity index (χ3n) is 4.52. The van der Waals surface area contributed by atoms with Crippen LogP contribution >= 0.6 is 0 Å². The zero-order valence-corrected chi connectivity index (χ0v) is 16.1. The Balaban J connectivity index is 0.000000313. The smallest absolute Gasteiger partial charge is 0.119 e. The summed E-state index contributed by atoms with van der Waals surface area (Å²) in [6, 6.07) is 24.9. The first-order valence-corrected chi connectivity index (χ1v) is 9.82. The molecule has 0 amide bonds. The Morgan fingerprint density at radius 1 is 0.630 bits per heavy atom. The Hall–Kier alpha value is -2.74. The van der Waals surface area contributed by atoms with E-state index in [1.165, 1.54) is 36.8 Å². The van der Waals surface area contributed by atoms with Crippen LogP contribution in [0.3, 0.4) is 0 Å². The quantitative estimate of drug-likeness (QED) is 0.446. The molecule has 0 bridgehead atoms. The van der Waals surface area contributed by atoms with Crippen LogP contribution in [0.2, 0.25) is 0 Å². The molecule has 27 heavy (non-hydrogen) atoms. The summed E-state index contributed by atoms with van der Waals surface area (Å²) in [5.41, 5.74) is 3.45. The van der Waals surface area contributed by atoms with Gasteiger partial charge in [-0.2, -0.15) is 0 Å². The van der Waals surface area contributed by atoms with Gasteiger partial charge in [-0.1, -0.05) is 93.3 Å². The maximum Gasteiger partial charge on any atom is 0.119 e. The predicted molar refractivity (Wildman–Crippen MR) is 114 cm³/mol. The zero-order chi connectivity index (χ0) is 19.3. The third-order valence-corrected chi connectivity index (χ3v) is 4.52. The lowest BCUT2D eigenvalue weighted by Gasteiger charge is -2.12. The van der Waals surface area contributed by atoms with E-state index in [4.69, 9.17) is 5.11 Å². The first-order chi connectivity index (χ1) is 13.2. The van der Waals surface area contributed by atoms with Gasteiger partial charge in [-0.15, -0.1) is 0 Å². The lowest BCUT2D eigenvalue weighted by atomic mass is 9.95. The number of phenols is 2. The van der Waals surface area contributed by atoms with Gasteiger partial charge >= 0.3 is 0 Å². The molecule has 0 aromatic heterocycles. The fourth-order valence-corrected chi connectivity index (χ4v) is 3.06. The Bertz CT molecular complexity index is 767. The number of hydrogen-bond donors (Lipinski definition) is 2. The Labute approximate surface area is 163 Å². The molecule has 0 aliphatic carbocycles. The average molecular weight is 363 g/mol. The van der Waals surface area contributed by atoms with Crippen LogP contribution in [-0.4, -0.2) is 10.2 Å². The van der Waals surface area contributed by atoms with Crippen LogP contribution in [0.4, 0.5) is 0 Å². The summed E-state index contributed by atoms with van der Waals surface area (Å²) in [6.45, 7) is 2.23. The van der Waals surface area contributed by atoms with E-state index in [-0.39, 0.29) is 0 Å². The van der Waals surface area contributed by atoms with Crippen molar-refractivity contribution in [2.24, 2.45) is 0 Å². The maximum atomic E-state index is 10.2. The molecule has 0 heterocycles. The summed E-state index contributed by atoms with van der Waals surface area (Å²) in [5.74, 6) is 0.754. The third kappa shape index (κ3) is 7.18. The monoisotopic (exact) mass is 362 g/mol. The molecule has 2 N–H and O–H groups in total. The SMILES string of the molecule is CCCCCCCc1c(O)cccc1-c1ccccc1.Oc1ccccc1. The Morgan fingerprint density at radius 2 is 1.26 bits per heavy atom. The van der Waals surface area contributed by atoms with E-state index in [9.17, 15) is 5.11 Å². The topological polar surface area (TPSA) is 40.5 Å². The molecule has 3 aromatic carbocycles. The number of unbranched alkanes of at least 4 members (excludes halogenated alkanes) is 4. The van der Waals surface area contributed by atoms with E-state index < -0.39 is 0 Å². The molecule has 0 atom stereocenters. The second-order valence-corrected chi connectivity index (χ2v) is 6.67. The molecule has 0 aliphatic heterocycles. The summed E-state index contributed by atoms with van der Waals surface area (Å²) in [5, 5.41) is 18.8. The zero-order valence-electron chi connectivity index (χ0n) is 16.1. The van der Waals surface area contributed by atoms with Crippen LogP contribution in [0, 0.1) is 0 Å². The molecule has 142 valence electrons. The van der Waals surface area contributed by atoms with Gasteiger partial charge in [0.05, 0.1) is 0 Å². The van der Waals surface area contributed by atoms with Gasteiger partial charge in [0, 0.05) is 5.56 Å². The van der Waals surface area contributed by atoms with Crippen LogP contribution in [0.25, 0.3) is 11.1 Å². The fourth-order valence-electron chi connectivity index (χ4n) is 3.06. The molecule has 0 unspecified atom stereocenters. The number of hydrogen-bond acceptors (Lipinski definition) is 2. The first kappa shape index (κ1) is 20.6. The standard InChI is InChI=1S/C19H24O.C6H6O/c1-2-3-4-5-9-13-18-17(14-10-15-19(18)20)16-11-7-6-8-12-16;7-6-4-2-1-3-5-6/h6-8,10-12,14-15,20H,2-5,9,13H2,1H3;1-5,7H. The van der Waals surface area contributed by atoms with Gasteiger partial charge in [0.1, 0.15) is 11.5 Å². The minimum Gasteiger partial charge on any atom is -0.508 e. The summed E-state index contributed by atoms with van der Waals surface area (Å²) in [4.78, 5) is 0. The number of phenolic OH excluding ortho intramolecular Hbond substituents is 2. The second-order valence-electron chi connectivity index (χ2n) is 6.67. The highest BCUT2D eigenvalue weighted by molar-refractivity contribution is 5.69. The van der Waals surface area contributed by atoms with Gasteiger partial charge < -0.3 is 10.2 Å². The van der Waals surface area contributed by atoms with Crippen molar-refractivity contribution in [2.45, 2.75) is 45.4 Å². The van der Waals surface area contributed by atoms with Crippen molar-refractivity contribution in [3.63, 3.8) is 0 Å². The molecule has 2 heteroatoms. The molecular formula is C25H30O2. The molecule has 0 aliphatic rings. The molecule has 3 aromatic rings. The van der Waals surface area contributed by atoms with Gasteiger partial charge in [0.2, 0.25) is 0 Å². The van der Waals surface area contributed by atoms with Crippen molar-refractivity contribution in [2.75, 3.05) is 0 Å². The van der Waals surface area contributed by atoms with Crippen LogP contribution in [0.5, 0.6) is 11.5 Å². The average Bonchev–Trinajstić information content (AvgIpc) is 2.70. The lowest BCUT2D eigenvalue weighted by molar-refractivity contribution is 0.466. The molecule has 0 fully saturated rings. The fraction of sp³-hybridized carbons (Fsp3) is 0.280. The predicted octanol–water partition coefficient (Wildman–Crippen LogP) is 6.96. The van der Waals surface area contributed by atoms with Crippen LogP contribution in [0.1, 0.15) is 44.6 Å². The highest BCUT2D eigenvalue weighted by atomic mass is 16.3. The van der Waals surface area contributed by atoms with Crippen molar-refractivity contribution < 1.29 is 10.2 Å². The number of aromatic hydroxyl groups is 2. The van der Waals surface area contributed by atoms with Crippen molar-refractivity contribution >= 4 is 0 Å². The Morgan fingerprint density at radius 3 is 1.85 bits per heavy atom. The van der Waals surface area contributed by atoms with E-state index >= 15 is 0 Å². The number of benzene rings is 3. The minimum absolute atomic E-state index is 0.322. The second kappa shape index (κ2) is 11.8. The molecule has 0 saturated carbocycles. The molecule has 3 rings (SSSR count). The minimum atomic E-state index is 0.322. The van der Waals surface area contributed by atoms with Crippen molar-refractivity contribution in [1.29, 1.82) is 0 Å². The van der Waals surface area contributed by atoms with Gasteiger partial charge in [-0.05, 0) is 42.2 Å². The molecule has 2 nitrogen and oxygen atoms in total. The Kier molecular flexibility index (Phi) is 8.99. The van der Waals surface area contributed by atoms with E-state index in [2.05, 4.69) is 25.1 Å². The van der Waals surface area contributed by atoms with E-state index in [0.29, 0.717) is 11.5 Å². The van der Waals surface area contributed by atoms with Gasteiger partial charge in [0.25, 0.3) is 0 Å². The summed E-state index contributed by atoms with van der Waals surface area (Å²) >= 11 is 0. The summed E-state index contributed by atoms with van der Waals surface area (Å²) < 4.78 is 0. The van der Waals surface area contributed by atoms with Crippen LogP contribution in [0.15, 0.2) is 78.9 Å². The van der Waals surface area contributed by atoms with Crippen molar-refractivity contribution in [1.82, 2.24) is 0 Å². The molecule has 0 radical (unpaired) electrons. The summed E-state index contributed by atoms with van der Waals surface area (Å²) in [6.07, 6.45) is 7.23. The summed E-state index contributed by atoms with van der Waals surface area (Å²) in [7, 11) is 0. The molecular weight excluding hydrogens is 332 g/mol. The van der Waals surface area contributed by atoms with Gasteiger partial charge in [-0.25, -0.2) is 0 Å². The largest absolute Gasteiger partial charge is 0.508 e. The normalized spacial score (nSPS) is 10.1. The lowest BCUT2D eigenvalue weighted by Crippen LogP contribution is -1.92. The van der Waals surface area contributed by atoms with Gasteiger partial charge in [0.15, 0.2) is 0 Å². The maximum absolute atomic E-state index is 10.2. The van der Waals surface area contributed by atoms with Crippen LogP contribution in [-0.2, 0) is 6.42 Å². The molecule has 0 spiro atoms. The highest BCUT2D eigenvalue weighted by Gasteiger charge is 2.09. The number of para-hydroxylation sites is 1. The van der Waals surface area contributed by atoms with E-state index in [1.54, 1.807) is 30.3 Å². The van der Waals surface area contributed by atoms with Crippen molar-refractivity contribution in [3.8, 4) is 22.6 Å². The highest BCUT2D eigenvalue weighted by Crippen LogP contribution is 2.31. The van der Waals surface area contributed by atoms with Crippen LogP contribution < -0.4 is 0 Å². The first-order valence-electron chi connectivity index (χ1n) is 9.82. The number of rotatable bonds is 7. The van der Waals surface area contributed by atoms with E-state index in [0.717, 1.165) is 18.4 Å². The van der Waals surface area contributed by atoms with E-state index in [1.807, 2.05) is 30.3 Å². The van der Waals surface area contributed by atoms with Crippen molar-refractivity contribution in [3.05, 3.63) is 84.4 Å². The van der Waals surface area contributed by atoms with Gasteiger partial charge in [-0.3, -0.25) is 0 Å².